The van der Waals surface area contributed by atoms with E-state index in [4.69, 9.17) is 0 Å². The lowest BCUT2D eigenvalue weighted by atomic mass is 9.99. The molecule has 0 saturated carbocycles. The lowest BCUT2D eigenvalue weighted by Crippen LogP contribution is -2.34. The number of hydrogen-bond acceptors (Lipinski definition) is 3. The van der Waals surface area contributed by atoms with E-state index < -0.39 is 10.0 Å². The summed E-state index contributed by atoms with van der Waals surface area (Å²) in [5, 5.41) is 0. The van der Waals surface area contributed by atoms with E-state index in [-0.39, 0.29) is 10.6 Å². The number of nitrogens with zero attached hydrogens (tertiary/aromatic N) is 1. The standard InChI is InChI=1S/C12H15BrN2O3S/c1-9(16)15-5-4-10-2-3-12(6-11(10)7-15)14-19(17,18)8-13/h2-3,6,14H,4-5,7-8H2,1H3. The first-order valence-electron chi connectivity index (χ1n) is 5.85. The summed E-state index contributed by atoms with van der Waals surface area (Å²) in [6.07, 6.45) is 0.806. The van der Waals surface area contributed by atoms with Gasteiger partial charge in [0.05, 0.1) is 0 Å². The number of anilines is 1. The van der Waals surface area contributed by atoms with Crippen molar-refractivity contribution < 1.29 is 13.2 Å². The minimum Gasteiger partial charge on any atom is -0.338 e. The molecule has 0 saturated heterocycles. The van der Waals surface area contributed by atoms with Crippen LogP contribution in [0.25, 0.3) is 0 Å². The molecule has 5 nitrogen and oxygen atoms in total. The van der Waals surface area contributed by atoms with Crippen molar-refractivity contribution in [3.05, 3.63) is 29.3 Å². The largest absolute Gasteiger partial charge is 0.338 e. The Morgan fingerprint density at radius 2 is 2.16 bits per heavy atom. The maximum absolute atomic E-state index is 11.5. The number of amides is 1. The van der Waals surface area contributed by atoms with E-state index in [1.807, 2.05) is 6.07 Å². The molecule has 0 radical (unpaired) electrons. The molecule has 0 bridgehead atoms. The number of hydrogen-bond donors (Lipinski definition) is 1. The van der Waals surface area contributed by atoms with Gasteiger partial charge in [0.25, 0.3) is 0 Å². The normalized spacial score (nSPS) is 14.9. The smallest absolute Gasteiger partial charge is 0.242 e. The first-order valence-corrected chi connectivity index (χ1v) is 8.62. The Kier molecular flexibility index (Phi) is 4.15. The highest BCUT2D eigenvalue weighted by Gasteiger charge is 2.19. The van der Waals surface area contributed by atoms with Crippen LogP contribution in [0.15, 0.2) is 18.2 Å². The number of rotatable bonds is 3. The quantitative estimate of drug-likeness (QED) is 0.846. The lowest BCUT2D eigenvalue weighted by molar-refractivity contribution is -0.129. The third-order valence-corrected chi connectivity index (χ3v) is 5.72. The monoisotopic (exact) mass is 346 g/mol. The second-order valence-corrected chi connectivity index (χ2v) is 7.53. The summed E-state index contributed by atoms with van der Waals surface area (Å²) in [4.78, 5) is 13.1. The zero-order chi connectivity index (χ0) is 14.0. The summed E-state index contributed by atoms with van der Waals surface area (Å²) in [6.45, 7) is 2.80. The van der Waals surface area contributed by atoms with Crippen LogP contribution in [0.1, 0.15) is 18.1 Å². The lowest BCUT2D eigenvalue weighted by Gasteiger charge is -2.28. The molecular weight excluding hydrogens is 332 g/mol. The van der Waals surface area contributed by atoms with E-state index in [2.05, 4.69) is 20.7 Å². The van der Waals surface area contributed by atoms with Crippen LogP contribution >= 0.6 is 15.9 Å². The van der Waals surface area contributed by atoms with Crippen molar-refractivity contribution in [1.82, 2.24) is 4.90 Å². The third kappa shape index (κ3) is 3.48. The van der Waals surface area contributed by atoms with Crippen LogP contribution in [0.2, 0.25) is 0 Å². The van der Waals surface area contributed by atoms with Crippen molar-refractivity contribution in [3.8, 4) is 0 Å². The summed E-state index contributed by atoms with van der Waals surface area (Å²) in [6, 6.07) is 5.46. The van der Waals surface area contributed by atoms with Crippen molar-refractivity contribution >= 4 is 37.5 Å². The average molecular weight is 347 g/mol. The summed E-state index contributed by atoms with van der Waals surface area (Å²) in [5.41, 5.74) is 2.69. The third-order valence-electron chi connectivity index (χ3n) is 3.08. The van der Waals surface area contributed by atoms with Gasteiger partial charge in [0.2, 0.25) is 15.9 Å². The number of nitrogens with one attached hydrogen (secondary N) is 1. The summed E-state index contributed by atoms with van der Waals surface area (Å²) < 4.78 is 25.3. The van der Waals surface area contributed by atoms with Gasteiger partial charge in [0, 0.05) is 25.7 Å². The van der Waals surface area contributed by atoms with Gasteiger partial charge in [-0.2, -0.15) is 0 Å². The van der Waals surface area contributed by atoms with Gasteiger partial charge in [0.15, 0.2) is 0 Å². The van der Waals surface area contributed by atoms with Crippen molar-refractivity contribution in [2.75, 3.05) is 15.9 Å². The predicted octanol–water partition coefficient (Wildman–Crippen LogP) is 1.69. The van der Waals surface area contributed by atoms with Gasteiger partial charge in [-0.1, -0.05) is 22.0 Å². The van der Waals surface area contributed by atoms with Gasteiger partial charge in [0.1, 0.15) is 4.66 Å². The highest BCUT2D eigenvalue weighted by molar-refractivity contribution is 9.10. The minimum atomic E-state index is -3.34. The van der Waals surface area contributed by atoms with Gasteiger partial charge < -0.3 is 4.90 Å². The summed E-state index contributed by atoms with van der Waals surface area (Å²) in [7, 11) is -3.34. The molecule has 104 valence electrons. The highest BCUT2D eigenvalue weighted by Crippen LogP contribution is 2.23. The summed E-state index contributed by atoms with van der Waals surface area (Å²) >= 11 is 2.93. The molecule has 0 atom stereocenters. The van der Waals surface area contributed by atoms with E-state index in [1.165, 1.54) is 5.56 Å². The number of alkyl halides is 1. The first-order chi connectivity index (χ1) is 8.91. The van der Waals surface area contributed by atoms with Crippen LogP contribution in [-0.2, 0) is 27.8 Å². The van der Waals surface area contributed by atoms with E-state index >= 15 is 0 Å². The molecule has 0 aliphatic carbocycles. The molecule has 0 unspecified atom stereocenters. The molecule has 0 fully saturated rings. The topological polar surface area (TPSA) is 66.5 Å². The maximum atomic E-state index is 11.5. The first kappa shape index (κ1) is 14.3. The fourth-order valence-electron chi connectivity index (χ4n) is 2.10. The zero-order valence-electron chi connectivity index (χ0n) is 10.5. The molecule has 1 aliphatic heterocycles. The van der Waals surface area contributed by atoms with E-state index in [0.717, 1.165) is 18.5 Å². The number of fused-ring (bicyclic) bond motifs is 1. The number of carbonyl (C=O) groups is 1. The van der Waals surface area contributed by atoms with E-state index in [1.54, 1.807) is 24.0 Å². The molecular formula is C12H15BrN2O3S. The molecule has 1 heterocycles. The molecule has 19 heavy (non-hydrogen) atoms. The molecule has 1 N–H and O–H groups in total. The fraction of sp³-hybridized carbons (Fsp3) is 0.417. The zero-order valence-corrected chi connectivity index (χ0v) is 12.9. The second kappa shape index (κ2) is 5.50. The van der Waals surface area contributed by atoms with Crippen LogP contribution in [0.4, 0.5) is 5.69 Å². The van der Waals surface area contributed by atoms with E-state index in [0.29, 0.717) is 12.2 Å². The Bertz CT molecular complexity index is 601. The average Bonchev–Trinajstić information content (AvgIpc) is 2.37. The summed E-state index contributed by atoms with van der Waals surface area (Å²) in [5.74, 6) is 0.0390. The Morgan fingerprint density at radius 1 is 1.42 bits per heavy atom. The van der Waals surface area contributed by atoms with Crippen molar-refractivity contribution in [2.45, 2.75) is 19.9 Å². The highest BCUT2D eigenvalue weighted by atomic mass is 79.9. The Hall–Kier alpha value is -1.08. The van der Waals surface area contributed by atoms with Crippen molar-refractivity contribution in [1.29, 1.82) is 0 Å². The SMILES string of the molecule is CC(=O)N1CCc2ccc(NS(=O)(=O)CBr)cc2C1. The number of benzene rings is 1. The van der Waals surface area contributed by atoms with Crippen LogP contribution in [-0.4, -0.2) is 30.4 Å². The Balaban J connectivity index is 2.24. The molecule has 0 aromatic heterocycles. The van der Waals surface area contributed by atoms with Crippen LogP contribution in [0, 0.1) is 0 Å². The number of sulfonamides is 1. The van der Waals surface area contributed by atoms with Gasteiger partial charge in [-0.15, -0.1) is 0 Å². The number of carbonyl (C=O) groups excluding carboxylic acids is 1. The maximum Gasteiger partial charge on any atom is 0.242 e. The van der Waals surface area contributed by atoms with Gasteiger partial charge >= 0.3 is 0 Å². The van der Waals surface area contributed by atoms with Gasteiger partial charge in [-0.3, -0.25) is 9.52 Å². The minimum absolute atomic E-state index is 0.0390. The predicted molar refractivity (Wildman–Crippen MR) is 77.6 cm³/mol. The Morgan fingerprint density at radius 3 is 2.79 bits per heavy atom. The molecule has 1 amide bonds. The Labute approximate surface area is 121 Å². The van der Waals surface area contributed by atoms with Gasteiger partial charge in [-0.05, 0) is 29.7 Å². The van der Waals surface area contributed by atoms with Crippen molar-refractivity contribution in [3.63, 3.8) is 0 Å². The van der Waals surface area contributed by atoms with Crippen molar-refractivity contribution in [2.24, 2.45) is 0 Å². The molecule has 1 aromatic carbocycles. The molecule has 2 rings (SSSR count). The van der Waals surface area contributed by atoms with E-state index in [9.17, 15) is 13.2 Å². The molecule has 1 aromatic rings. The number of halogens is 1. The molecule has 1 aliphatic rings. The van der Waals surface area contributed by atoms with Crippen LogP contribution < -0.4 is 4.72 Å². The van der Waals surface area contributed by atoms with Crippen LogP contribution in [0.5, 0.6) is 0 Å². The fourth-order valence-corrected chi connectivity index (χ4v) is 2.98. The molecule has 0 spiro atoms. The molecule has 7 heteroatoms. The second-order valence-electron chi connectivity index (χ2n) is 4.50. The van der Waals surface area contributed by atoms with Crippen LogP contribution in [0.3, 0.4) is 0 Å². The van der Waals surface area contributed by atoms with Gasteiger partial charge in [-0.25, -0.2) is 8.42 Å².